The summed E-state index contributed by atoms with van der Waals surface area (Å²) >= 11 is 0. The van der Waals surface area contributed by atoms with E-state index in [0.29, 0.717) is 5.78 Å². The third kappa shape index (κ3) is 27.6. The Morgan fingerprint density at radius 3 is 0.742 bits per heavy atom. The number of hydrogen-bond acceptors (Lipinski definition) is 1. The van der Waals surface area contributed by atoms with E-state index in [4.69, 9.17) is 0 Å². The van der Waals surface area contributed by atoms with Gasteiger partial charge in [-0.15, -0.1) is 0 Å². The highest BCUT2D eigenvalue weighted by atomic mass is 16.1. The predicted octanol–water partition coefficient (Wildman–Crippen LogP) is 11.1. The van der Waals surface area contributed by atoms with E-state index in [9.17, 15) is 4.79 Å². The van der Waals surface area contributed by atoms with E-state index in [1.165, 1.54) is 148 Å². The van der Waals surface area contributed by atoms with Gasteiger partial charge in [0.1, 0.15) is 5.78 Å². The molecule has 0 bridgehead atoms. The normalized spacial score (nSPS) is 11.3. The first-order valence-corrected chi connectivity index (χ1v) is 14.8. The van der Waals surface area contributed by atoms with Gasteiger partial charge in [-0.25, -0.2) is 0 Å². The molecule has 0 atom stereocenters. The zero-order valence-corrected chi connectivity index (χ0v) is 22.0. The molecular formula is C30H60O. The molecule has 0 amide bonds. The van der Waals surface area contributed by atoms with Gasteiger partial charge in [-0.3, -0.25) is 4.79 Å². The molecule has 31 heavy (non-hydrogen) atoms. The summed E-state index contributed by atoms with van der Waals surface area (Å²) < 4.78 is 0. The highest BCUT2D eigenvalue weighted by Crippen LogP contribution is 2.15. The van der Waals surface area contributed by atoms with Crippen molar-refractivity contribution >= 4 is 5.78 Å². The van der Waals surface area contributed by atoms with Crippen LogP contribution in [0.2, 0.25) is 0 Å². The van der Waals surface area contributed by atoms with E-state index in [0.717, 1.165) is 25.7 Å². The minimum absolute atomic E-state index is 0.513. The van der Waals surface area contributed by atoms with Gasteiger partial charge in [-0.1, -0.05) is 162 Å². The standard InChI is InChI=1S/C30H60O/c1-3-5-7-9-10-11-12-13-14-15-16-17-18-19-20-21-22-23-25-27-29-30(31)28-26-24-8-6-4-2/h3-29H2,1-2H3. The minimum Gasteiger partial charge on any atom is -0.300 e. The Balaban J connectivity index is 3.08. The average Bonchev–Trinajstić information content (AvgIpc) is 2.77. The SMILES string of the molecule is CCCCCCCCCCCCCCCCCCCCCCC(=O)CCCCCCC. The first-order chi connectivity index (χ1) is 15.3. The molecule has 0 saturated carbocycles. The Morgan fingerprint density at radius 2 is 0.516 bits per heavy atom. The second kappa shape index (κ2) is 27.7. The second-order valence-corrected chi connectivity index (χ2v) is 10.2. The third-order valence-corrected chi connectivity index (χ3v) is 6.87. The highest BCUT2D eigenvalue weighted by Gasteiger charge is 2.02. The Morgan fingerprint density at radius 1 is 0.323 bits per heavy atom. The molecule has 0 radical (unpaired) electrons. The molecule has 0 aliphatic rings. The predicted molar refractivity (Wildman–Crippen MR) is 141 cm³/mol. The molecule has 1 heteroatoms. The summed E-state index contributed by atoms with van der Waals surface area (Å²) in [6, 6.07) is 0. The zero-order valence-electron chi connectivity index (χ0n) is 22.0. The van der Waals surface area contributed by atoms with Crippen LogP contribution in [-0.4, -0.2) is 5.78 Å². The summed E-state index contributed by atoms with van der Waals surface area (Å²) in [6.45, 7) is 4.54. The number of hydrogen-bond donors (Lipinski definition) is 0. The van der Waals surface area contributed by atoms with Gasteiger partial charge in [-0.2, -0.15) is 0 Å². The van der Waals surface area contributed by atoms with Crippen LogP contribution in [0.25, 0.3) is 0 Å². The van der Waals surface area contributed by atoms with E-state index in [2.05, 4.69) is 13.8 Å². The van der Waals surface area contributed by atoms with Gasteiger partial charge in [0.15, 0.2) is 0 Å². The fourth-order valence-corrected chi connectivity index (χ4v) is 4.63. The van der Waals surface area contributed by atoms with Crippen molar-refractivity contribution in [3.05, 3.63) is 0 Å². The molecule has 0 aromatic heterocycles. The molecule has 0 saturated heterocycles. The van der Waals surface area contributed by atoms with Gasteiger partial charge in [0.25, 0.3) is 0 Å². The van der Waals surface area contributed by atoms with E-state index in [1.54, 1.807) is 0 Å². The van der Waals surface area contributed by atoms with E-state index >= 15 is 0 Å². The van der Waals surface area contributed by atoms with Crippen molar-refractivity contribution in [2.45, 2.75) is 187 Å². The van der Waals surface area contributed by atoms with Crippen LogP contribution in [0.4, 0.5) is 0 Å². The smallest absolute Gasteiger partial charge is 0.132 e. The van der Waals surface area contributed by atoms with Gasteiger partial charge in [0.05, 0.1) is 0 Å². The fourth-order valence-electron chi connectivity index (χ4n) is 4.63. The number of carbonyl (C=O) groups is 1. The highest BCUT2D eigenvalue weighted by molar-refractivity contribution is 5.78. The Bertz CT molecular complexity index is 335. The van der Waals surface area contributed by atoms with Crippen molar-refractivity contribution in [2.75, 3.05) is 0 Å². The van der Waals surface area contributed by atoms with Crippen molar-refractivity contribution in [3.63, 3.8) is 0 Å². The molecule has 0 aromatic rings. The van der Waals surface area contributed by atoms with Crippen molar-refractivity contribution in [3.8, 4) is 0 Å². The molecule has 0 fully saturated rings. The summed E-state index contributed by atoms with van der Waals surface area (Å²) in [4.78, 5) is 11.9. The number of carbonyl (C=O) groups excluding carboxylic acids is 1. The number of ketones is 1. The van der Waals surface area contributed by atoms with E-state index < -0.39 is 0 Å². The molecule has 1 nitrogen and oxygen atoms in total. The van der Waals surface area contributed by atoms with Crippen LogP contribution in [0.1, 0.15) is 187 Å². The summed E-state index contributed by atoms with van der Waals surface area (Å²) in [6.07, 6.45) is 36.2. The Labute approximate surface area is 197 Å². The Kier molecular flexibility index (Phi) is 27.4. The van der Waals surface area contributed by atoms with Crippen LogP contribution in [-0.2, 0) is 4.79 Å². The lowest BCUT2D eigenvalue weighted by molar-refractivity contribution is -0.119. The van der Waals surface area contributed by atoms with Crippen LogP contribution in [0.5, 0.6) is 0 Å². The summed E-state index contributed by atoms with van der Waals surface area (Å²) in [5, 5.41) is 0. The van der Waals surface area contributed by atoms with Gasteiger partial charge in [0.2, 0.25) is 0 Å². The van der Waals surface area contributed by atoms with Crippen molar-refractivity contribution in [1.29, 1.82) is 0 Å². The first kappa shape index (κ1) is 30.7. The van der Waals surface area contributed by atoms with Crippen LogP contribution in [0, 0.1) is 0 Å². The lowest BCUT2D eigenvalue weighted by Crippen LogP contribution is -1.97. The van der Waals surface area contributed by atoms with Crippen LogP contribution >= 0.6 is 0 Å². The molecule has 0 aliphatic carbocycles. The van der Waals surface area contributed by atoms with E-state index in [1.807, 2.05) is 0 Å². The van der Waals surface area contributed by atoms with Crippen molar-refractivity contribution in [2.24, 2.45) is 0 Å². The van der Waals surface area contributed by atoms with E-state index in [-0.39, 0.29) is 0 Å². The quantitative estimate of drug-likeness (QED) is 0.117. The summed E-state index contributed by atoms with van der Waals surface area (Å²) in [7, 11) is 0. The molecular weight excluding hydrogens is 376 g/mol. The average molecular weight is 437 g/mol. The number of unbranched alkanes of at least 4 members (excludes halogenated alkanes) is 23. The van der Waals surface area contributed by atoms with Crippen LogP contribution in [0.15, 0.2) is 0 Å². The number of Topliss-reactive ketones (excluding diaryl/α,β-unsaturated/α-hetero) is 1. The monoisotopic (exact) mass is 436 g/mol. The topological polar surface area (TPSA) is 17.1 Å². The van der Waals surface area contributed by atoms with Crippen molar-refractivity contribution < 1.29 is 4.79 Å². The zero-order chi connectivity index (χ0) is 22.7. The number of rotatable bonds is 27. The third-order valence-electron chi connectivity index (χ3n) is 6.87. The maximum Gasteiger partial charge on any atom is 0.132 e. The maximum atomic E-state index is 11.9. The molecule has 0 heterocycles. The lowest BCUT2D eigenvalue weighted by Gasteiger charge is -2.04. The summed E-state index contributed by atoms with van der Waals surface area (Å²) in [5.41, 5.74) is 0. The maximum absolute atomic E-state index is 11.9. The van der Waals surface area contributed by atoms with Crippen LogP contribution < -0.4 is 0 Å². The molecule has 0 aromatic carbocycles. The van der Waals surface area contributed by atoms with Gasteiger partial charge < -0.3 is 0 Å². The lowest BCUT2D eigenvalue weighted by atomic mass is 10.0. The summed E-state index contributed by atoms with van der Waals surface area (Å²) in [5.74, 6) is 0.513. The fraction of sp³-hybridized carbons (Fsp3) is 0.967. The largest absolute Gasteiger partial charge is 0.300 e. The molecule has 0 rings (SSSR count). The van der Waals surface area contributed by atoms with Gasteiger partial charge in [0, 0.05) is 12.8 Å². The molecule has 186 valence electrons. The van der Waals surface area contributed by atoms with Gasteiger partial charge in [-0.05, 0) is 12.8 Å². The molecule has 0 aliphatic heterocycles. The molecule has 0 spiro atoms. The first-order valence-electron chi connectivity index (χ1n) is 14.8. The van der Waals surface area contributed by atoms with Crippen LogP contribution in [0.3, 0.4) is 0 Å². The minimum atomic E-state index is 0.513. The van der Waals surface area contributed by atoms with Crippen molar-refractivity contribution in [1.82, 2.24) is 0 Å². The Hall–Kier alpha value is -0.330. The second-order valence-electron chi connectivity index (χ2n) is 10.2. The molecule has 0 unspecified atom stereocenters. The molecule has 0 N–H and O–H groups in total. The van der Waals surface area contributed by atoms with Gasteiger partial charge >= 0.3 is 0 Å².